The van der Waals surface area contributed by atoms with Crippen molar-refractivity contribution in [3.63, 3.8) is 0 Å². The van der Waals surface area contributed by atoms with Crippen LogP contribution in [-0.2, 0) is 11.2 Å². The van der Waals surface area contributed by atoms with E-state index in [-0.39, 0.29) is 5.91 Å². The Morgan fingerprint density at radius 3 is 2.19 bits per heavy atom. The number of nitrogens with one attached hydrogen (secondary N) is 2. The van der Waals surface area contributed by atoms with Crippen LogP contribution in [0, 0.1) is 0 Å². The number of carbonyl (C=O) groups excluding carboxylic acids is 3. The lowest BCUT2D eigenvalue weighted by atomic mass is 10.1. The van der Waals surface area contributed by atoms with Gasteiger partial charge < -0.3 is 14.8 Å². The highest BCUT2D eigenvalue weighted by molar-refractivity contribution is 6.21. The zero-order chi connectivity index (χ0) is 21.8. The van der Waals surface area contributed by atoms with E-state index in [1.165, 1.54) is 6.07 Å². The number of carbonyl (C=O) groups is 3. The largest absolute Gasteiger partial charge is 0.497 e. The molecule has 3 aromatic rings. The van der Waals surface area contributed by atoms with Crippen LogP contribution in [0.3, 0.4) is 0 Å². The summed E-state index contributed by atoms with van der Waals surface area (Å²) < 4.78 is 10.9. The van der Waals surface area contributed by atoms with Crippen molar-refractivity contribution in [1.82, 2.24) is 5.32 Å². The summed E-state index contributed by atoms with van der Waals surface area (Å²) in [7, 11) is 1.62. The van der Waals surface area contributed by atoms with Crippen LogP contribution >= 0.6 is 0 Å². The molecule has 0 unspecified atom stereocenters. The Labute approximate surface area is 179 Å². The third-order valence-corrected chi connectivity index (χ3v) is 4.88. The number of anilines is 1. The van der Waals surface area contributed by atoms with Gasteiger partial charge in [-0.05, 0) is 66.6 Å². The van der Waals surface area contributed by atoms with Crippen LogP contribution in [0.1, 0.15) is 32.7 Å². The first-order valence-corrected chi connectivity index (χ1v) is 9.72. The number of benzene rings is 3. The van der Waals surface area contributed by atoms with Gasteiger partial charge in [-0.15, -0.1) is 0 Å². The van der Waals surface area contributed by atoms with Gasteiger partial charge >= 0.3 is 0 Å². The molecule has 7 nitrogen and oxygen atoms in total. The summed E-state index contributed by atoms with van der Waals surface area (Å²) in [4.78, 5) is 35.6. The monoisotopic (exact) mass is 416 g/mol. The number of fused-ring (bicyclic) bond motifs is 1. The maximum atomic E-state index is 12.2. The number of ether oxygens (including phenoxy) is 2. The van der Waals surface area contributed by atoms with Gasteiger partial charge in [-0.25, -0.2) is 0 Å². The fraction of sp³-hybridized carbons (Fsp3) is 0.125. The van der Waals surface area contributed by atoms with Crippen LogP contribution < -0.4 is 20.1 Å². The van der Waals surface area contributed by atoms with E-state index in [0.717, 1.165) is 11.3 Å². The van der Waals surface area contributed by atoms with E-state index in [1.807, 2.05) is 24.3 Å². The highest BCUT2D eigenvalue weighted by Gasteiger charge is 2.26. The summed E-state index contributed by atoms with van der Waals surface area (Å²) >= 11 is 0. The van der Waals surface area contributed by atoms with E-state index in [9.17, 15) is 14.4 Å². The molecule has 0 atom stereocenters. The molecule has 1 aliphatic heterocycles. The summed E-state index contributed by atoms with van der Waals surface area (Å²) in [6.45, 7) is 0. The Bertz CT molecular complexity index is 1140. The summed E-state index contributed by atoms with van der Waals surface area (Å²) in [6.07, 6.45) is 0.992. The van der Waals surface area contributed by atoms with E-state index in [0.29, 0.717) is 41.2 Å². The summed E-state index contributed by atoms with van der Waals surface area (Å²) in [5.74, 6) is 0.850. The molecule has 0 saturated heterocycles. The summed E-state index contributed by atoms with van der Waals surface area (Å²) in [5, 5.41) is 5.11. The van der Waals surface area contributed by atoms with Crippen molar-refractivity contribution in [2.24, 2.45) is 0 Å². The SMILES string of the molecule is COc1ccc(CCC(=O)Nc2ccc(Oc3ccc4c(c3)C(=O)NC4=O)cc2)cc1. The van der Waals surface area contributed by atoms with Gasteiger partial charge in [-0.3, -0.25) is 19.7 Å². The molecule has 1 aliphatic rings. The van der Waals surface area contributed by atoms with Crippen LogP contribution in [0.25, 0.3) is 0 Å². The van der Waals surface area contributed by atoms with E-state index < -0.39 is 11.8 Å². The normalized spacial score (nSPS) is 12.2. The highest BCUT2D eigenvalue weighted by atomic mass is 16.5. The molecule has 3 amide bonds. The van der Waals surface area contributed by atoms with Crippen molar-refractivity contribution in [1.29, 1.82) is 0 Å². The van der Waals surface area contributed by atoms with E-state index in [2.05, 4.69) is 10.6 Å². The number of hydrogen-bond acceptors (Lipinski definition) is 5. The average molecular weight is 416 g/mol. The molecule has 0 fully saturated rings. The quantitative estimate of drug-likeness (QED) is 0.569. The minimum atomic E-state index is -0.432. The first-order chi connectivity index (χ1) is 15.0. The van der Waals surface area contributed by atoms with Gasteiger partial charge in [0.15, 0.2) is 0 Å². The molecule has 0 spiro atoms. The maximum absolute atomic E-state index is 12.2. The molecule has 4 rings (SSSR count). The van der Waals surface area contributed by atoms with Gasteiger partial charge in [0.05, 0.1) is 18.2 Å². The first-order valence-electron chi connectivity index (χ1n) is 9.72. The Morgan fingerprint density at radius 2 is 1.48 bits per heavy atom. The van der Waals surface area contributed by atoms with Crippen molar-refractivity contribution in [3.8, 4) is 17.2 Å². The molecule has 0 aromatic heterocycles. The maximum Gasteiger partial charge on any atom is 0.259 e. The van der Waals surface area contributed by atoms with Gasteiger partial charge in [-0.2, -0.15) is 0 Å². The Kier molecular flexibility index (Phi) is 5.66. The van der Waals surface area contributed by atoms with Crippen LogP contribution in [0.2, 0.25) is 0 Å². The minimum absolute atomic E-state index is 0.0845. The molecule has 31 heavy (non-hydrogen) atoms. The van der Waals surface area contributed by atoms with Gasteiger partial charge in [0, 0.05) is 12.1 Å². The molecule has 7 heteroatoms. The van der Waals surface area contributed by atoms with Gasteiger partial charge in [0.2, 0.25) is 5.91 Å². The van der Waals surface area contributed by atoms with Crippen LogP contribution in [-0.4, -0.2) is 24.8 Å². The molecular weight excluding hydrogens is 396 g/mol. The Balaban J connectivity index is 1.32. The number of rotatable bonds is 7. The van der Waals surface area contributed by atoms with Crippen molar-refractivity contribution < 1.29 is 23.9 Å². The number of imide groups is 1. The predicted octanol–water partition coefficient (Wildman–Crippen LogP) is 3.94. The Hall–Kier alpha value is -4.13. The van der Waals surface area contributed by atoms with E-state index >= 15 is 0 Å². The summed E-state index contributed by atoms with van der Waals surface area (Å²) in [6, 6.07) is 19.3. The molecule has 0 aliphatic carbocycles. The molecule has 0 radical (unpaired) electrons. The molecule has 0 saturated carbocycles. The van der Waals surface area contributed by atoms with E-state index in [4.69, 9.17) is 9.47 Å². The second-order valence-electron chi connectivity index (χ2n) is 7.01. The molecule has 0 bridgehead atoms. The Morgan fingerprint density at radius 1 is 0.839 bits per heavy atom. The van der Waals surface area contributed by atoms with Crippen LogP contribution in [0.4, 0.5) is 5.69 Å². The fourth-order valence-corrected chi connectivity index (χ4v) is 3.23. The standard InChI is InChI=1S/C24H20N2O5/c1-30-17-7-2-15(3-8-17)4-13-22(27)25-16-5-9-18(10-6-16)31-19-11-12-20-21(14-19)24(29)26-23(20)28/h2-3,5-12,14H,4,13H2,1H3,(H,25,27)(H,26,28,29). The average Bonchev–Trinajstić information content (AvgIpc) is 3.07. The van der Waals surface area contributed by atoms with Gasteiger partial charge in [-0.1, -0.05) is 12.1 Å². The summed E-state index contributed by atoms with van der Waals surface area (Å²) in [5.41, 5.74) is 2.35. The van der Waals surface area contributed by atoms with Crippen molar-refractivity contribution >= 4 is 23.4 Å². The van der Waals surface area contributed by atoms with Crippen molar-refractivity contribution in [2.45, 2.75) is 12.8 Å². The lowest BCUT2D eigenvalue weighted by molar-refractivity contribution is -0.116. The second kappa shape index (κ2) is 8.71. The third-order valence-electron chi connectivity index (χ3n) is 4.88. The molecule has 156 valence electrons. The van der Waals surface area contributed by atoms with E-state index in [1.54, 1.807) is 43.5 Å². The van der Waals surface area contributed by atoms with Gasteiger partial charge in [0.1, 0.15) is 17.2 Å². The number of amides is 3. The van der Waals surface area contributed by atoms with Gasteiger partial charge in [0.25, 0.3) is 11.8 Å². The molecule has 3 aromatic carbocycles. The third kappa shape index (κ3) is 4.72. The topological polar surface area (TPSA) is 93.7 Å². The van der Waals surface area contributed by atoms with Crippen molar-refractivity contribution in [3.05, 3.63) is 83.4 Å². The number of methoxy groups -OCH3 is 1. The molecular formula is C24H20N2O5. The van der Waals surface area contributed by atoms with Crippen LogP contribution in [0.15, 0.2) is 66.7 Å². The minimum Gasteiger partial charge on any atom is -0.497 e. The smallest absolute Gasteiger partial charge is 0.259 e. The zero-order valence-electron chi connectivity index (χ0n) is 16.8. The fourth-order valence-electron chi connectivity index (χ4n) is 3.23. The molecule has 1 heterocycles. The predicted molar refractivity (Wildman–Crippen MR) is 115 cm³/mol. The number of hydrogen-bond donors (Lipinski definition) is 2. The first kappa shape index (κ1) is 20.2. The van der Waals surface area contributed by atoms with Crippen LogP contribution in [0.5, 0.6) is 17.2 Å². The second-order valence-corrected chi connectivity index (χ2v) is 7.01. The number of aryl methyl sites for hydroxylation is 1. The lowest BCUT2D eigenvalue weighted by Gasteiger charge is -2.09. The zero-order valence-corrected chi connectivity index (χ0v) is 16.8. The lowest BCUT2D eigenvalue weighted by Crippen LogP contribution is -2.19. The highest BCUT2D eigenvalue weighted by Crippen LogP contribution is 2.27. The molecule has 2 N–H and O–H groups in total. The van der Waals surface area contributed by atoms with Crippen molar-refractivity contribution in [2.75, 3.05) is 12.4 Å².